The van der Waals surface area contributed by atoms with Crippen LogP contribution in [0.15, 0.2) is 52.9 Å². The molecule has 0 amide bonds. The van der Waals surface area contributed by atoms with Crippen LogP contribution >= 0.6 is 0 Å². The summed E-state index contributed by atoms with van der Waals surface area (Å²) in [7, 11) is 0. The number of unbranched alkanes of at least 4 members (excludes halogenated alkanes) is 3. The third kappa shape index (κ3) is 7.78. The van der Waals surface area contributed by atoms with Crippen LogP contribution in [0.4, 0.5) is 5.69 Å². The monoisotopic (exact) mass is 578 g/mol. The Hall–Kier alpha value is -4.58. The molecule has 0 spiro atoms. The van der Waals surface area contributed by atoms with Crippen LogP contribution in [0.3, 0.4) is 0 Å². The molecule has 222 valence electrons. The smallest absolute Gasteiger partial charge is 0.331 e. The fraction of sp³-hybridized carbons (Fsp3) is 0.400. The van der Waals surface area contributed by atoms with Gasteiger partial charge in [0.2, 0.25) is 0 Å². The molecule has 1 aliphatic rings. The van der Waals surface area contributed by atoms with E-state index in [9.17, 15) is 19.7 Å². The molecule has 1 unspecified atom stereocenters. The first-order valence-electron chi connectivity index (χ1n) is 13.8. The summed E-state index contributed by atoms with van der Waals surface area (Å²) in [6.07, 6.45) is 6.30. The molecule has 12 nitrogen and oxygen atoms in total. The largest absolute Gasteiger partial charge is 0.491 e. The number of aromatic nitrogens is 1. The summed E-state index contributed by atoms with van der Waals surface area (Å²) in [4.78, 5) is 44.4. The lowest BCUT2D eigenvalue weighted by Gasteiger charge is -2.09. The van der Waals surface area contributed by atoms with E-state index in [1.165, 1.54) is 19.9 Å². The average molecular weight is 579 g/mol. The number of hydrogen-bond donors (Lipinski definition) is 0. The Morgan fingerprint density at radius 3 is 2.45 bits per heavy atom. The Balaban J connectivity index is 1.84. The Morgan fingerprint density at radius 1 is 1.05 bits per heavy atom. The predicted octanol–water partition coefficient (Wildman–Crippen LogP) is 5.84. The number of nitro groups is 1. The number of fused-ring (bicyclic) bond motifs is 1. The van der Waals surface area contributed by atoms with Gasteiger partial charge in [-0.2, -0.15) is 0 Å². The van der Waals surface area contributed by atoms with E-state index in [2.05, 4.69) is 17.2 Å². The standard InChI is InChI=1S/C30H34N4O8/c1-5-6-7-8-9-27(32-42-21(4)36)26-16-33(28-13-11-23(15-25(26)28)39-17-24-18-40-24)29-12-10-22(14-30(29)34(37)38)19(2)31-41-20(3)35/h10-16,24H,5-9,17-18H2,1-4H3/b31-19+,32-27+. The highest BCUT2D eigenvalue weighted by Gasteiger charge is 2.25. The number of hydrogen-bond acceptors (Lipinski definition) is 10. The number of ether oxygens (including phenoxy) is 2. The van der Waals surface area contributed by atoms with Crippen molar-refractivity contribution in [3.63, 3.8) is 0 Å². The lowest BCUT2D eigenvalue weighted by molar-refractivity contribution is -0.384. The second-order valence-corrected chi connectivity index (χ2v) is 10.0. The quantitative estimate of drug-likeness (QED) is 0.0579. The number of nitrogens with zero attached hydrogens (tertiary/aromatic N) is 4. The van der Waals surface area contributed by atoms with Crippen molar-refractivity contribution in [1.29, 1.82) is 0 Å². The van der Waals surface area contributed by atoms with Crippen LogP contribution in [-0.4, -0.2) is 52.2 Å². The van der Waals surface area contributed by atoms with Crippen molar-refractivity contribution in [2.45, 2.75) is 65.9 Å². The third-order valence-corrected chi connectivity index (χ3v) is 6.64. The molecule has 42 heavy (non-hydrogen) atoms. The van der Waals surface area contributed by atoms with Crippen LogP contribution in [0.1, 0.15) is 70.9 Å². The molecule has 4 rings (SSSR count). The molecule has 1 saturated heterocycles. The molecule has 0 N–H and O–H groups in total. The fourth-order valence-corrected chi connectivity index (χ4v) is 4.43. The van der Waals surface area contributed by atoms with Gasteiger partial charge in [-0.3, -0.25) is 10.1 Å². The molecule has 1 aliphatic heterocycles. The number of oxime groups is 2. The molecule has 1 aromatic heterocycles. The predicted molar refractivity (Wildman–Crippen MR) is 156 cm³/mol. The van der Waals surface area contributed by atoms with Crippen LogP contribution < -0.4 is 4.74 Å². The lowest BCUT2D eigenvalue weighted by atomic mass is 10.0. The van der Waals surface area contributed by atoms with E-state index < -0.39 is 16.9 Å². The minimum Gasteiger partial charge on any atom is -0.491 e. The number of carbonyl (C=O) groups excluding carboxylic acids is 2. The van der Waals surface area contributed by atoms with Gasteiger partial charge in [0.15, 0.2) is 0 Å². The average Bonchev–Trinajstić information content (AvgIpc) is 3.73. The highest BCUT2D eigenvalue weighted by molar-refractivity contribution is 6.11. The van der Waals surface area contributed by atoms with Gasteiger partial charge in [-0.1, -0.05) is 42.6 Å². The van der Waals surface area contributed by atoms with Crippen LogP contribution in [0.25, 0.3) is 16.6 Å². The Morgan fingerprint density at radius 2 is 1.79 bits per heavy atom. The molecule has 0 aliphatic carbocycles. The lowest BCUT2D eigenvalue weighted by Crippen LogP contribution is -2.05. The number of benzene rings is 2. The molecule has 2 heterocycles. The summed E-state index contributed by atoms with van der Waals surface area (Å²) in [5, 5.41) is 20.9. The van der Waals surface area contributed by atoms with Gasteiger partial charge < -0.3 is 23.7 Å². The van der Waals surface area contributed by atoms with Crippen molar-refractivity contribution < 1.29 is 33.7 Å². The molecule has 1 fully saturated rings. The van der Waals surface area contributed by atoms with Crippen molar-refractivity contribution in [3.05, 3.63) is 63.8 Å². The minimum absolute atomic E-state index is 0.0680. The van der Waals surface area contributed by atoms with Crippen molar-refractivity contribution in [3.8, 4) is 11.4 Å². The van der Waals surface area contributed by atoms with E-state index in [1.54, 1.807) is 35.9 Å². The van der Waals surface area contributed by atoms with E-state index in [-0.39, 0.29) is 11.8 Å². The highest BCUT2D eigenvalue weighted by Crippen LogP contribution is 2.34. The molecule has 12 heteroatoms. The maximum absolute atomic E-state index is 12.3. The Bertz CT molecular complexity index is 1540. The zero-order valence-corrected chi connectivity index (χ0v) is 24.1. The second-order valence-electron chi connectivity index (χ2n) is 10.0. The SMILES string of the molecule is CCCCCC/C(=N\OC(C)=O)c1cn(-c2ccc(/C(C)=N/OC(C)=O)cc2[N+](=O)[O-])c2ccc(OCC3CO3)cc12. The molecule has 0 saturated carbocycles. The normalized spacial score (nSPS) is 15.0. The van der Waals surface area contributed by atoms with E-state index in [0.717, 1.165) is 31.1 Å². The Labute approximate surface area is 243 Å². The summed E-state index contributed by atoms with van der Waals surface area (Å²) >= 11 is 0. The van der Waals surface area contributed by atoms with Gasteiger partial charge in [0.25, 0.3) is 5.69 Å². The van der Waals surface area contributed by atoms with Crippen molar-refractivity contribution >= 4 is 40.0 Å². The summed E-state index contributed by atoms with van der Waals surface area (Å²) in [6, 6.07) is 10.1. The van der Waals surface area contributed by atoms with E-state index in [0.29, 0.717) is 59.1 Å². The molecular formula is C30H34N4O8. The van der Waals surface area contributed by atoms with Gasteiger partial charge in [-0.15, -0.1) is 0 Å². The zero-order valence-electron chi connectivity index (χ0n) is 24.1. The van der Waals surface area contributed by atoms with E-state index in [4.69, 9.17) is 19.1 Å². The topological polar surface area (TPSA) is 147 Å². The molecule has 2 aromatic carbocycles. The van der Waals surface area contributed by atoms with Crippen LogP contribution in [0.2, 0.25) is 0 Å². The Kier molecular flexibility index (Phi) is 10.0. The maximum atomic E-state index is 12.3. The summed E-state index contributed by atoms with van der Waals surface area (Å²) in [6.45, 7) is 7.29. The first-order valence-corrected chi connectivity index (χ1v) is 13.8. The fourth-order valence-electron chi connectivity index (χ4n) is 4.43. The second kappa shape index (κ2) is 13.9. The number of carbonyl (C=O) groups is 2. The summed E-state index contributed by atoms with van der Waals surface area (Å²) in [5.41, 5.74) is 2.75. The van der Waals surface area contributed by atoms with Crippen molar-refractivity contribution in [1.82, 2.24) is 4.57 Å². The van der Waals surface area contributed by atoms with Gasteiger partial charge >= 0.3 is 11.9 Å². The van der Waals surface area contributed by atoms with Gasteiger partial charge in [0, 0.05) is 42.6 Å². The van der Waals surface area contributed by atoms with E-state index in [1.807, 2.05) is 12.1 Å². The first kappa shape index (κ1) is 30.4. The zero-order chi connectivity index (χ0) is 30.2. The van der Waals surface area contributed by atoms with Gasteiger partial charge in [0.05, 0.1) is 28.5 Å². The number of nitro benzene ring substituents is 1. The summed E-state index contributed by atoms with van der Waals surface area (Å²) < 4.78 is 12.9. The third-order valence-electron chi connectivity index (χ3n) is 6.64. The molecule has 0 radical (unpaired) electrons. The van der Waals surface area contributed by atoms with Crippen molar-refractivity contribution in [2.75, 3.05) is 13.2 Å². The van der Waals surface area contributed by atoms with Crippen LogP contribution in [-0.2, 0) is 24.0 Å². The highest BCUT2D eigenvalue weighted by atomic mass is 16.7. The van der Waals surface area contributed by atoms with Crippen molar-refractivity contribution in [2.24, 2.45) is 10.3 Å². The maximum Gasteiger partial charge on any atom is 0.331 e. The summed E-state index contributed by atoms with van der Waals surface area (Å²) in [5.74, 6) is -0.534. The van der Waals surface area contributed by atoms with Gasteiger partial charge in [-0.25, -0.2) is 9.59 Å². The number of epoxide rings is 1. The molecule has 0 bridgehead atoms. The van der Waals surface area contributed by atoms with Crippen LogP contribution in [0, 0.1) is 10.1 Å². The molecule has 1 atom stereocenters. The van der Waals surface area contributed by atoms with E-state index >= 15 is 0 Å². The molecule has 3 aromatic rings. The van der Waals surface area contributed by atoms with Crippen LogP contribution in [0.5, 0.6) is 5.75 Å². The number of rotatable bonds is 14. The minimum atomic E-state index is -0.597. The van der Waals surface area contributed by atoms with Gasteiger partial charge in [-0.05, 0) is 44.0 Å². The van der Waals surface area contributed by atoms with Gasteiger partial charge in [0.1, 0.15) is 24.1 Å². The molecular weight excluding hydrogens is 544 g/mol. The first-order chi connectivity index (χ1) is 20.2.